The Kier molecular flexibility index (Phi) is 69.1. The predicted molar refractivity (Wildman–Crippen MR) is 358 cm³/mol. The molecule has 0 bridgehead atoms. The Morgan fingerprint density at radius 1 is 0.232 bits per heavy atom. The highest BCUT2D eigenvalue weighted by Crippen LogP contribution is 2.18. The molecule has 6 heteroatoms. The molecule has 0 saturated carbocycles. The van der Waals surface area contributed by atoms with Crippen LogP contribution in [0.4, 0.5) is 0 Å². The summed E-state index contributed by atoms with van der Waals surface area (Å²) >= 11 is 0. The smallest absolute Gasteiger partial charge is 0.306 e. The van der Waals surface area contributed by atoms with Crippen molar-refractivity contribution in [3.8, 4) is 0 Å². The van der Waals surface area contributed by atoms with Gasteiger partial charge in [-0.15, -0.1) is 0 Å². The van der Waals surface area contributed by atoms with Crippen molar-refractivity contribution >= 4 is 17.9 Å². The van der Waals surface area contributed by atoms with Crippen molar-refractivity contribution in [2.45, 2.75) is 419 Å². The van der Waals surface area contributed by atoms with Crippen molar-refractivity contribution in [1.82, 2.24) is 0 Å². The van der Waals surface area contributed by atoms with Crippen LogP contribution in [0, 0.1) is 0 Å². The summed E-state index contributed by atoms with van der Waals surface area (Å²) in [5.74, 6) is -0.850. The highest BCUT2D eigenvalue weighted by Gasteiger charge is 2.19. The molecule has 0 fully saturated rings. The second kappa shape index (κ2) is 71.1. The lowest BCUT2D eigenvalue weighted by molar-refractivity contribution is -0.167. The summed E-state index contributed by atoms with van der Waals surface area (Å²) in [5.41, 5.74) is 0. The van der Waals surface area contributed by atoms with Gasteiger partial charge in [-0.3, -0.25) is 14.4 Å². The van der Waals surface area contributed by atoms with Gasteiger partial charge in [0.2, 0.25) is 0 Å². The van der Waals surface area contributed by atoms with E-state index in [-0.39, 0.29) is 31.1 Å². The maximum atomic E-state index is 13.0. The van der Waals surface area contributed by atoms with Crippen molar-refractivity contribution in [1.29, 1.82) is 0 Å². The number of carbonyl (C=O) groups is 3. The second-order valence-electron chi connectivity index (χ2n) is 25.2. The Morgan fingerprint density at radius 3 is 0.610 bits per heavy atom. The Morgan fingerprint density at radius 2 is 0.402 bits per heavy atom. The highest BCUT2D eigenvalue weighted by atomic mass is 16.6. The number of unbranched alkanes of at least 4 members (excludes halogenated alkanes) is 52. The number of allylic oxidation sites excluding steroid dienone is 6. The minimum absolute atomic E-state index is 0.0709. The summed E-state index contributed by atoms with van der Waals surface area (Å²) in [7, 11) is 0. The van der Waals surface area contributed by atoms with Gasteiger partial charge in [0.25, 0.3) is 0 Å². The van der Waals surface area contributed by atoms with Crippen molar-refractivity contribution in [2.75, 3.05) is 13.2 Å². The van der Waals surface area contributed by atoms with Crippen molar-refractivity contribution in [3.63, 3.8) is 0 Å². The van der Waals surface area contributed by atoms with Crippen LogP contribution in [0.1, 0.15) is 412 Å². The first-order valence-corrected chi connectivity index (χ1v) is 37.0. The summed E-state index contributed by atoms with van der Waals surface area (Å²) in [6.45, 7) is 6.71. The fourth-order valence-electron chi connectivity index (χ4n) is 11.3. The van der Waals surface area contributed by atoms with E-state index in [4.69, 9.17) is 14.2 Å². The molecule has 482 valence electrons. The van der Waals surface area contributed by atoms with Gasteiger partial charge in [-0.2, -0.15) is 0 Å². The molecule has 0 radical (unpaired) electrons. The maximum absolute atomic E-state index is 13.0. The van der Waals surface area contributed by atoms with E-state index in [1.54, 1.807) is 0 Å². The first kappa shape index (κ1) is 79.6. The van der Waals surface area contributed by atoms with Gasteiger partial charge in [-0.05, 0) is 96.3 Å². The van der Waals surface area contributed by atoms with Gasteiger partial charge in [-0.1, -0.05) is 333 Å². The Labute approximate surface area is 512 Å². The van der Waals surface area contributed by atoms with E-state index in [2.05, 4.69) is 57.2 Å². The SMILES string of the molecule is CCCCCCCCC/C=C\CCCCCCCC(=O)OCC(COC(=O)CCCCCCCCCCCCCCC/C=C\CCCCCCCCCC)OC(=O)CCCCCCCCCCCCC/C=C\CCCCCCCCCC. The van der Waals surface area contributed by atoms with Gasteiger partial charge in [0.1, 0.15) is 13.2 Å². The molecule has 0 aliphatic rings. The predicted octanol–water partition coefficient (Wildman–Crippen LogP) is 25.5. The Balaban J connectivity index is 4.28. The monoisotopic (exact) mass is 1150 g/mol. The second-order valence-corrected chi connectivity index (χ2v) is 25.2. The average Bonchev–Trinajstić information content (AvgIpc) is 3.48. The van der Waals surface area contributed by atoms with Crippen LogP contribution in [-0.2, 0) is 28.6 Å². The van der Waals surface area contributed by atoms with Crippen molar-refractivity contribution in [3.05, 3.63) is 36.5 Å². The third-order valence-corrected chi connectivity index (χ3v) is 16.8. The van der Waals surface area contributed by atoms with Crippen LogP contribution < -0.4 is 0 Å². The first-order chi connectivity index (χ1) is 40.5. The van der Waals surface area contributed by atoms with Crippen LogP contribution in [0.15, 0.2) is 36.5 Å². The normalized spacial score (nSPS) is 12.2. The quantitative estimate of drug-likeness (QED) is 0.0261. The Hall–Kier alpha value is -2.37. The summed E-state index contributed by atoms with van der Waals surface area (Å²) in [4.78, 5) is 38.5. The minimum Gasteiger partial charge on any atom is -0.462 e. The molecule has 6 nitrogen and oxygen atoms in total. The van der Waals surface area contributed by atoms with E-state index < -0.39 is 6.10 Å². The lowest BCUT2D eigenvalue weighted by Crippen LogP contribution is -2.30. The van der Waals surface area contributed by atoms with Crippen LogP contribution in [0.3, 0.4) is 0 Å². The molecule has 0 spiro atoms. The highest BCUT2D eigenvalue weighted by molar-refractivity contribution is 5.71. The summed E-state index contributed by atoms with van der Waals surface area (Å²) in [6.07, 6.45) is 88.9. The van der Waals surface area contributed by atoms with E-state index in [1.807, 2.05) is 0 Å². The molecule has 1 unspecified atom stereocenters. The number of carbonyl (C=O) groups excluding carboxylic acids is 3. The molecular weight excluding hydrogens is 1010 g/mol. The topological polar surface area (TPSA) is 78.9 Å². The van der Waals surface area contributed by atoms with E-state index in [9.17, 15) is 14.4 Å². The van der Waals surface area contributed by atoms with Crippen LogP contribution in [-0.4, -0.2) is 37.2 Å². The number of ether oxygens (including phenoxy) is 3. The molecule has 0 aliphatic heterocycles. The van der Waals surface area contributed by atoms with Gasteiger partial charge in [0.15, 0.2) is 6.10 Å². The zero-order valence-electron chi connectivity index (χ0n) is 55.5. The standard InChI is InChI=1S/C76H142O6/c1-4-7-10-13-16-19-22-25-28-31-33-35-37-38-40-41-43-45-48-51-54-57-60-63-66-69-75(78)81-72-73(71-80-74(77)68-65-62-59-56-53-50-47-30-27-24-21-18-15-12-9-6-3)82-76(79)70-67-64-61-58-55-52-49-46-44-42-39-36-34-32-29-26-23-20-17-14-11-8-5-2/h30-34,47,73H,4-29,35-46,48-72H2,1-3H3/b33-31-,34-32-,47-30-. The molecule has 0 rings (SSSR count). The number of hydrogen-bond acceptors (Lipinski definition) is 6. The third-order valence-electron chi connectivity index (χ3n) is 16.8. The summed E-state index contributed by atoms with van der Waals surface area (Å²) in [6, 6.07) is 0. The molecule has 0 aliphatic carbocycles. The van der Waals surface area contributed by atoms with Crippen molar-refractivity contribution < 1.29 is 28.6 Å². The molecule has 0 amide bonds. The van der Waals surface area contributed by atoms with Crippen LogP contribution in [0.5, 0.6) is 0 Å². The summed E-state index contributed by atoms with van der Waals surface area (Å²) in [5, 5.41) is 0. The average molecular weight is 1150 g/mol. The Bertz CT molecular complexity index is 1370. The van der Waals surface area contributed by atoms with Crippen LogP contribution in [0.2, 0.25) is 0 Å². The number of esters is 3. The van der Waals surface area contributed by atoms with Gasteiger partial charge < -0.3 is 14.2 Å². The zero-order chi connectivity index (χ0) is 59.2. The fourth-order valence-corrected chi connectivity index (χ4v) is 11.3. The zero-order valence-corrected chi connectivity index (χ0v) is 55.5. The van der Waals surface area contributed by atoms with Crippen LogP contribution in [0.25, 0.3) is 0 Å². The van der Waals surface area contributed by atoms with E-state index >= 15 is 0 Å². The molecule has 0 N–H and O–H groups in total. The van der Waals surface area contributed by atoms with Gasteiger partial charge >= 0.3 is 17.9 Å². The minimum atomic E-state index is -0.776. The number of hydrogen-bond donors (Lipinski definition) is 0. The van der Waals surface area contributed by atoms with Crippen LogP contribution >= 0.6 is 0 Å². The van der Waals surface area contributed by atoms with Gasteiger partial charge in [0, 0.05) is 19.3 Å². The van der Waals surface area contributed by atoms with E-state index in [1.165, 1.54) is 308 Å². The number of rotatable bonds is 69. The molecular formula is C76H142O6. The lowest BCUT2D eigenvalue weighted by atomic mass is 10.0. The van der Waals surface area contributed by atoms with Crippen molar-refractivity contribution in [2.24, 2.45) is 0 Å². The largest absolute Gasteiger partial charge is 0.462 e. The molecule has 0 heterocycles. The summed E-state index contributed by atoms with van der Waals surface area (Å²) < 4.78 is 17.0. The molecule has 0 aromatic rings. The molecule has 0 saturated heterocycles. The first-order valence-electron chi connectivity index (χ1n) is 37.0. The lowest BCUT2D eigenvalue weighted by Gasteiger charge is -2.18. The maximum Gasteiger partial charge on any atom is 0.306 e. The molecule has 0 aromatic carbocycles. The van der Waals surface area contributed by atoms with E-state index in [0.717, 1.165) is 64.2 Å². The third kappa shape index (κ3) is 68.4. The fraction of sp³-hybridized carbons (Fsp3) is 0.882. The van der Waals surface area contributed by atoms with Gasteiger partial charge in [0.05, 0.1) is 0 Å². The molecule has 0 aromatic heterocycles. The van der Waals surface area contributed by atoms with Gasteiger partial charge in [-0.25, -0.2) is 0 Å². The van der Waals surface area contributed by atoms with E-state index in [0.29, 0.717) is 19.3 Å². The molecule has 82 heavy (non-hydrogen) atoms. The molecule has 1 atom stereocenters.